The summed E-state index contributed by atoms with van der Waals surface area (Å²) < 4.78 is 0. The van der Waals surface area contributed by atoms with Gasteiger partial charge in [-0.3, -0.25) is 0 Å². The summed E-state index contributed by atoms with van der Waals surface area (Å²) in [4.78, 5) is 21.5. The minimum absolute atomic E-state index is 0.375. The number of aromatic carboxylic acids is 2. The van der Waals surface area contributed by atoms with Gasteiger partial charge < -0.3 is 20.4 Å². The minimum atomic E-state index is -0.843. The lowest BCUT2D eigenvalue weighted by Gasteiger charge is -2.05. The molecule has 2 rings (SSSR count). The number of rotatable bonds is 4. The smallest absolute Gasteiger partial charge is 0.336 e. The van der Waals surface area contributed by atoms with Crippen molar-refractivity contribution in [2.45, 2.75) is 74.0 Å². The van der Waals surface area contributed by atoms with Gasteiger partial charge in [-0.2, -0.15) is 0 Å². The molecule has 0 bridgehead atoms. The van der Waals surface area contributed by atoms with Gasteiger partial charge in [-0.25, -0.2) is 9.59 Å². The van der Waals surface area contributed by atoms with Crippen LogP contribution >= 0.6 is 0 Å². The van der Waals surface area contributed by atoms with Crippen molar-refractivity contribution in [2.75, 3.05) is 0 Å². The van der Waals surface area contributed by atoms with Crippen LogP contribution in [0.15, 0.2) is 24.3 Å². The average molecular weight is 433 g/mol. The zero-order valence-corrected chi connectivity index (χ0v) is 19.8. The Kier molecular flexibility index (Phi) is 11.8. The summed E-state index contributed by atoms with van der Waals surface area (Å²) in [6.45, 7) is 14.5. The molecule has 2 aromatic rings. The Hall–Kier alpha value is -2.70. The van der Waals surface area contributed by atoms with E-state index in [9.17, 15) is 9.59 Å². The maximum atomic E-state index is 10.8. The maximum absolute atomic E-state index is 10.8. The third-order valence-corrected chi connectivity index (χ3v) is 4.46. The van der Waals surface area contributed by atoms with Crippen LogP contribution in [0.3, 0.4) is 0 Å². The molecule has 0 aliphatic rings. The van der Waals surface area contributed by atoms with Gasteiger partial charge in [0.1, 0.15) is 0 Å². The second-order valence-electron chi connectivity index (χ2n) is 8.09. The Labute approximate surface area is 185 Å². The van der Waals surface area contributed by atoms with Crippen molar-refractivity contribution in [3.8, 4) is 0 Å². The maximum Gasteiger partial charge on any atom is 0.336 e. The summed E-state index contributed by atoms with van der Waals surface area (Å²) in [5.74, 6) is -1.69. The fraction of sp³-hybridized carbons (Fsp3) is 0.440. The second kappa shape index (κ2) is 12.9. The molecule has 0 aliphatic heterocycles. The Morgan fingerprint density at radius 1 is 0.645 bits per heavy atom. The molecule has 0 spiro atoms. The van der Waals surface area contributed by atoms with E-state index in [1.54, 1.807) is 13.8 Å². The van der Waals surface area contributed by atoms with Crippen molar-refractivity contribution in [1.29, 1.82) is 0 Å². The number of aliphatic hydroxyl groups is 2. The molecule has 2 unspecified atom stereocenters. The van der Waals surface area contributed by atoms with E-state index in [-0.39, 0.29) is 12.2 Å². The van der Waals surface area contributed by atoms with E-state index >= 15 is 0 Å². The zero-order chi connectivity index (χ0) is 24.5. The van der Waals surface area contributed by atoms with Crippen LogP contribution < -0.4 is 0 Å². The predicted octanol–water partition coefficient (Wildman–Crippen LogP) is 4.76. The summed E-state index contributed by atoms with van der Waals surface area (Å²) in [5.41, 5.74) is 6.41. The van der Waals surface area contributed by atoms with Crippen LogP contribution in [0.5, 0.6) is 0 Å². The fourth-order valence-corrected chi connectivity index (χ4v) is 3.53. The number of carboxylic acids is 2. The standard InChI is InChI=1S/2C10H12O2.C5H12O2/c2*1-6-4-7(2)9(10(11)12)8(3)5-6;1-4(6)3-5(2)7/h2*4-5H,1-3H3,(H,11,12);4-7H,3H2,1-2H3. The molecule has 0 heterocycles. The number of aryl methyl sites for hydroxylation is 6. The van der Waals surface area contributed by atoms with Crippen LogP contribution in [0.4, 0.5) is 0 Å². The van der Waals surface area contributed by atoms with Crippen molar-refractivity contribution >= 4 is 11.9 Å². The molecule has 6 heteroatoms. The van der Waals surface area contributed by atoms with E-state index in [1.807, 2.05) is 65.8 Å². The largest absolute Gasteiger partial charge is 0.478 e. The normalized spacial score (nSPS) is 11.9. The van der Waals surface area contributed by atoms with Crippen LogP contribution in [0, 0.1) is 41.5 Å². The fourth-order valence-electron chi connectivity index (χ4n) is 3.53. The van der Waals surface area contributed by atoms with Crippen LogP contribution in [0.2, 0.25) is 0 Å². The molecular weight excluding hydrogens is 396 g/mol. The van der Waals surface area contributed by atoms with Crippen molar-refractivity contribution in [3.63, 3.8) is 0 Å². The minimum Gasteiger partial charge on any atom is -0.478 e. The van der Waals surface area contributed by atoms with Gasteiger partial charge in [-0.05, 0) is 84.1 Å². The number of carbonyl (C=O) groups is 2. The number of benzene rings is 2. The van der Waals surface area contributed by atoms with E-state index in [2.05, 4.69) is 0 Å². The average Bonchev–Trinajstić information content (AvgIpc) is 2.51. The summed E-state index contributed by atoms with van der Waals surface area (Å²) in [6.07, 6.45) is -0.278. The molecule has 0 aromatic heterocycles. The molecule has 2 aromatic carbocycles. The molecule has 31 heavy (non-hydrogen) atoms. The summed E-state index contributed by atoms with van der Waals surface area (Å²) >= 11 is 0. The number of hydrogen-bond acceptors (Lipinski definition) is 4. The first-order valence-corrected chi connectivity index (χ1v) is 10.2. The van der Waals surface area contributed by atoms with Gasteiger partial charge in [0, 0.05) is 0 Å². The molecule has 0 saturated carbocycles. The Morgan fingerprint density at radius 3 is 1.00 bits per heavy atom. The SMILES string of the molecule is CC(O)CC(C)O.Cc1cc(C)c(C(=O)O)c(C)c1.Cc1cc(C)c(C(=O)O)c(C)c1. The monoisotopic (exact) mass is 432 g/mol. The molecule has 6 nitrogen and oxygen atoms in total. The van der Waals surface area contributed by atoms with Gasteiger partial charge >= 0.3 is 11.9 Å². The molecule has 172 valence electrons. The Bertz CT molecular complexity index is 777. The van der Waals surface area contributed by atoms with Gasteiger partial charge in [-0.1, -0.05) is 35.4 Å². The third kappa shape index (κ3) is 10.2. The first-order valence-electron chi connectivity index (χ1n) is 10.2. The van der Waals surface area contributed by atoms with Gasteiger partial charge in [0.25, 0.3) is 0 Å². The van der Waals surface area contributed by atoms with Gasteiger partial charge in [0.05, 0.1) is 23.3 Å². The lowest BCUT2D eigenvalue weighted by atomic mass is 10.0. The van der Waals surface area contributed by atoms with Crippen molar-refractivity contribution in [2.24, 2.45) is 0 Å². The molecule has 4 N–H and O–H groups in total. The van der Waals surface area contributed by atoms with Crippen LogP contribution in [0.1, 0.15) is 74.4 Å². The van der Waals surface area contributed by atoms with Crippen LogP contribution in [-0.4, -0.2) is 44.6 Å². The number of hydrogen-bond donors (Lipinski definition) is 4. The highest BCUT2D eigenvalue weighted by Gasteiger charge is 2.10. The highest BCUT2D eigenvalue weighted by molar-refractivity contribution is 5.91. The van der Waals surface area contributed by atoms with E-state index in [0.29, 0.717) is 17.5 Å². The molecule has 0 saturated heterocycles. The molecular formula is C25H36O6. The van der Waals surface area contributed by atoms with Crippen LogP contribution in [0.25, 0.3) is 0 Å². The topological polar surface area (TPSA) is 115 Å². The van der Waals surface area contributed by atoms with E-state index in [0.717, 1.165) is 33.4 Å². The summed E-state index contributed by atoms with van der Waals surface area (Å²) in [7, 11) is 0. The summed E-state index contributed by atoms with van der Waals surface area (Å²) in [6, 6.07) is 7.54. The van der Waals surface area contributed by atoms with Crippen LogP contribution in [-0.2, 0) is 0 Å². The number of carboxylic acid groups (broad SMARTS) is 2. The van der Waals surface area contributed by atoms with Gasteiger partial charge in [0.2, 0.25) is 0 Å². The van der Waals surface area contributed by atoms with Gasteiger partial charge in [-0.15, -0.1) is 0 Å². The molecule has 2 atom stereocenters. The predicted molar refractivity (Wildman–Crippen MR) is 123 cm³/mol. The van der Waals surface area contributed by atoms with E-state index in [4.69, 9.17) is 20.4 Å². The second-order valence-corrected chi connectivity index (χ2v) is 8.09. The van der Waals surface area contributed by atoms with Crippen molar-refractivity contribution in [3.05, 3.63) is 68.8 Å². The first-order chi connectivity index (χ1) is 14.2. The molecule has 0 fully saturated rings. The quantitative estimate of drug-likeness (QED) is 0.554. The lowest BCUT2D eigenvalue weighted by molar-refractivity contribution is 0.0684. The Balaban J connectivity index is 0.000000454. The molecule has 0 radical (unpaired) electrons. The van der Waals surface area contributed by atoms with Gasteiger partial charge in [0.15, 0.2) is 0 Å². The zero-order valence-electron chi connectivity index (χ0n) is 19.8. The highest BCUT2D eigenvalue weighted by atomic mass is 16.4. The highest BCUT2D eigenvalue weighted by Crippen LogP contribution is 2.16. The lowest BCUT2D eigenvalue weighted by Crippen LogP contribution is -2.10. The van der Waals surface area contributed by atoms with Crippen molar-refractivity contribution < 1.29 is 30.0 Å². The molecule has 0 aliphatic carbocycles. The number of aliphatic hydroxyl groups excluding tert-OH is 2. The first kappa shape index (κ1) is 28.3. The van der Waals surface area contributed by atoms with Crippen molar-refractivity contribution in [1.82, 2.24) is 0 Å². The summed E-state index contributed by atoms with van der Waals surface area (Å²) in [5, 5.41) is 34.8. The molecule has 0 amide bonds. The van der Waals surface area contributed by atoms with E-state index < -0.39 is 11.9 Å². The van der Waals surface area contributed by atoms with E-state index in [1.165, 1.54) is 0 Å². The third-order valence-electron chi connectivity index (χ3n) is 4.46. The Morgan fingerprint density at radius 2 is 0.871 bits per heavy atom.